The van der Waals surface area contributed by atoms with Crippen LogP contribution in [0, 0.1) is 11.3 Å². The van der Waals surface area contributed by atoms with E-state index in [-0.39, 0.29) is 0 Å². The van der Waals surface area contributed by atoms with Gasteiger partial charge in [-0.15, -0.1) is 0 Å². The second-order valence-electron chi connectivity index (χ2n) is 4.38. The molecule has 0 aromatic carbocycles. The van der Waals surface area contributed by atoms with Crippen LogP contribution >= 0.6 is 0 Å². The molecule has 0 aromatic heterocycles. The molecule has 1 fully saturated rings. The number of aliphatic hydroxyl groups is 1. The predicted molar refractivity (Wildman–Crippen MR) is 44.8 cm³/mol. The van der Waals surface area contributed by atoms with Crippen molar-refractivity contribution in [1.29, 1.82) is 0 Å². The molecule has 0 aliphatic heterocycles. The van der Waals surface area contributed by atoms with Gasteiger partial charge in [-0.05, 0) is 12.3 Å². The highest BCUT2D eigenvalue weighted by atomic mass is 16.4. The molecule has 1 aliphatic rings. The first-order valence-electron chi connectivity index (χ1n) is 4.34. The maximum Gasteiger partial charge on any atom is 0.333 e. The van der Waals surface area contributed by atoms with Crippen LogP contribution in [0.5, 0.6) is 0 Å². The summed E-state index contributed by atoms with van der Waals surface area (Å²) >= 11 is 0. The van der Waals surface area contributed by atoms with Crippen molar-refractivity contribution in [2.24, 2.45) is 11.3 Å². The number of carboxylic acid groups (broad SMARTS) is 1. The summed E-state index contributed by atoms with van der Waals surface area (Å²) in [6.45, 7) is 3.62. The fourth-order valence-corrected chi connectivity index (χ4v) is 1.51. The van der Waals surface area contributed by atoms with Gasteiger partial charge < -0.3 is 10.2 Å². The summed E-state index contributed by atoms with van der Waals surface area (Å²) < 4.78 is 0. The highest BCUT2D eigenvalue weighted by molar-refractivity contribution is 5.72. The van der Waals surface area contributed by atoms with Crippen LogP contribution in [-0.4, -0.2) is 22.3 Å². The minimum Gasteiger partial charge on any atom is -0.479 e. The summed E-state index contributed by atoms with van der Waals surface area (Å²) in [6, 6.07) is 0. The van der Waals surface area contributed by atoms with Crippen molar-refractivity contribution in [3.8, 4) is 0 Å². The van der Waals surface area contributed by atoms with Crippen LogP contribution in [-0.2, 0) is 4.79 Å². The number of hydrogen-bond acceptors (Lipinski definition) is 2. The van der Waals surface area contributed by atoms with Gasteiger partial charge in [-0.3, -0.25) is 0 Å². The van der Waals surface area contributed by atoms with Crippen molar-refractivity contribution in [2.75, 3.05) is 0 Å². The van der Waals surface area contributed by atoms with E-state index >= 15 is 0 Å². The molecule has 3 nitrogen and oxygen atoms in total. The Labute approximate surface area is 72.4 Å². The third-order valence-corrected chi connectivity index (χ3v) is 2.49. The van der Waals surface area contributed by atoms with Crippen molar-refractivity contribution in [2.45, 2.75) is 39.2 Å². The summed E-state index contributed by atoms with van der Waals surface area (Å²) in [4.78, 5) is 10.5. The summed E-state index contributed by atoms with van der Waals surface area (Å²) in [6.07, 6.45) is 1.98. The average molecular weight is 172 g/mol. The van der Waals surface area contributed by atoms with Gasteiger partial charge in [0.1, 0.15) is 0 Å². The molecule has 0 aromatic rings. The van der Waals surface area contributed by atoms with Gasteiger partial charge in [0.2, 0.25) is 0 Å². The first-order valence-corrected chi connectivity index (χ1v) is 4.34. The third kappa shape index (κ3) is 2.21. The van der Waals surface area contributed by atoms with Crippen molar-refractivity contribution in [1.82, 2.24) is 0 Å². The zero-order chi connectivity index (χ0) is 9.35. The molecule has 0 radical (unpaired) electrons. The summed E-state index contributed by atoms with van der Waals surface area (Å²) in [5.41, 5.74) is -0.479. The number of aliphatic hydroxyl groups excluding tert-OH is 1. The number of carboxylic acids is 1. The topological polar surface area (TPSA) is 57.5 Å². The standard InChI is InChI=1S/C9H16O3/c1-9(2,5-6-3-4-6)7(10)8(11)12/h6-7,10H,3-5H2,1-2H3,(H,11,12). The minimum atomic E-state index is -1.22. The molecule has 12 heavy (non-hydrogen) atoms. The van der Waals surface area contributed by atoms with Gasteiger partial charge in [-0.25, -0.2) is 4.79 Å². The summed E-state index contributed by atoms with van der Waals surface area (Å²) in [7, 11) is 0. The lowest BCUT2D eigenvalue weighted by Gasteiger charge is -2.27. The van der Waals surface area contributed by atoms with Crippen molar-refractivity contribution in [3.05, 3.63) is 0 Å². The number of rotatable bonds is 4. The molecule has 0 saturated heterocycles. The van der Waals surface area contributed by atoms with Gasteiger partial charge in [-0.1, -0.05) is 26.7 Å². The predicted octanol–water partition coefficient (Wildman–Crippen LogP) is 1.26. The lowest BCUT2D eigenvalue weighted by molar-refractivity contribution is -0.153. The van der Waals surface area contributed by atoms with E-state index in [9.17, 15) is 9.90 Å². The molecule has 0 spiro atoms. The Balaban J connectivity index is 2.49. The largest absolute Gasteiger partial charge is 0.479 e. The number of carbonyl (C=O) groups is 1. The average Bonchev–Trinajstić information content (AvgIpc) is 2.69. The molecule has 1 unspecified atom stereocenters. The van der Waals surface area contributed by atoms with E-state index in [1.54, 1.807) is 0 Å². The second-order valence-corrected chi connectivity index (χ2v) is 4.38. The van der Waals surface area contributed by atoms with E-state index < -0.39 is 17.5 Å². The van der Waals surface area contributed by atoms with Crippen LogP contribution in [0.1, 0.15) is 33.1 Å². The molecule has 1 atom stereocenters. The molecule has 0 bridgehead atoms. The van der Waals surface area contributed by atoms with Crippen LogP contribution in [0.2, 0.25) is 0 Å². The Bertz CT molecular complexity index is 182. The first-order chi connectivity index (χ1) is 5.43. The molecular weight excluding hydrogens is 156 g/mol. The van der Waals surface area contributed by atoms with Crippen molar-refractivity contribution >= 4 is 5.97 Å². The molecule has 0 amide bonds. The van der Waals surface area contributed by atoms with Crippen molar-refractivity contribution < 1.29 is 15.0 Å². The lowest BCUT2D eigenvalue weighted by atomic mass is 9.81. The van der Waals surface area contributed by atoms with Crippen LogP contribution in [0.15, 0.2) is 0 Å². The van der Waals surface area contributed by atoms with E-state index in [1.807, 2.05) is 13.8 Å². The van der Waals surface area contributed by atoms with Gasteiger partial charge in [0.25, 0.3) is 0 Å². The number of hydrogen-bond donors (Lipinski definition) is 2. The zero-order valence-corrected chi connectivity index (χ0v) is 7.58. The molecule has 1 saturated carbocycles. The summed E-state index contributed by atoms with van der Waals surface area (Å²) in [5, 5.41) is 17.9. The Morgan fingerprint density at radius 1 is 1.58 bits per heavy atom. The maximum absolute atomic E-state index is 10.5. The fourth-order valence-electron chi connectivity index (χ4n) is 1.51. The first kappa shape index (κ1) is 9.52. The van der Waals surface area contributed by atoms with Gasteiger partial charge in [-0.2, -0.15) is 0 Å². The van der Waals surface area contributed by atoms with E-state index in [4.69, 9.17) is 5.11 Å². The second kappa shape index (κ2) is 3.05. The molecule has 0 heterocycles. The smallest absolute Gasteiger partial charge is 0.333 e. The molecule has 1 aliphatic carbocycles. The molecule has 70 valence electrons. The molecule has 1 rings (SSSR count). The Morgan fingerprint density at radius 2 is 2.08 bits per heavy atom. The van der Waals surface area contributed by atoms with Crippen molar-refractivity contribution in [3.63, 3.8) is 0 Å². The highest BCUT2D eigenvalue weighted by Crippen LogP contribution is 2.41. The van der Waals surface area contributed by atoms with Crippen LogP contribution in [0.25, 0.3) is 0 Å². The molecular formula is C9H16O3. The van der Waals surface area contributed by atoms with E-state index in [1.165, 1.54) is 12.8 Å². The van der Waals surface area contributed by atoms with E-state index in [2.05, 4.69) is 0 Å². The van der Waals surface area contributed by atoms with E-state index in [0.717, 1.165) is 6.42 Å². The lowest BCUT2D eigenvalue weighted by Crippen LogP contribution is -2.36. The highest BCUT2D eigenvalue weighted by Gasteiger charge is 2.38. The Kier molecular flexibility index (Phi) is 2.42. The Hall–Kier alpha value is -0.570. The van der Waals surface area contributed by atoms with Gasteiger partial charge in [0.15, 0.2) is 6.10 Å². The van der Waals surface area contributed by atoms with Gasteiger partial charge >= 0.3 is 5.97 Å². The Morgan fingerprint density at radius 3 is 2.42 bits per heavy atom. The minimum absolute atomic E-state index is 0.479. The zero-order valence-electron chi connectivity index (χ0n) is 7.58. The SMILES string of the molecule is CC(C)(CC1CC1)C(O)C(=O)O. The third-order valence-electron chi connectivity index (χ3n) is 2.49. The summed E-state index contributed by atoms with van der Waals surface area (Å²) in [5.74, 6) is -0.463. The van der Waals surface area contributed by atoms with E-state index in [0.29, 0.717) is 5.92 Å². The fraction of sp³-hybridized carbons (Fsp3) is 0.889. The molecule has 2 N–H and O–H groups in total. The van der Waals surface area contributed by atoms with Crippen LogP contribution in [0.3, 0.4) is 0 Å². The quantitative estimate of drug-likeness (QED) is 0.671. The van der Waals surface area contributed by atoms with Crippen LogP contribution in [0.4, 0.5) is 0 Å². The van der Waals surface area contributed by atoms with Gasteiger partial charge in [0.05, 0.1) is 0 Å². The monoisotopic (exact) mass is 172 g/mol. The number of aliphatic carboxylic acids is 1. The normalized spacial score (nSPS) is 20.6. The van der Waals surface area contributed by atoms with Crippen LogP contribution < -0.4 is 0 Å². The van der Waals surface area contributed by atoms with Gasteiger partial charge in [0, 0.05) is 5.41 Å². The molecule has 3 heteroatoms. The maximum atomic E-state index is 10.5.